The fourth-order valence-corrected chi connectivity index (χ4v) is 1.72. The van der Waals surface area contributed by atoms with E-state index in [2.05, 4.69) is 26.1 Å². The summed E-state index contributed by atoms with van der Waals surface area (Å²) in [5.41, 5.74) is 0. The number of hydrogen-bond donors (Lipinski definition) is 1. The Bertz CT molecular complexity index is 109. The monoisotopic (exact) mass is 155 g/mol. The fourth-order valence-electron chi connectivity index (χ4n) is 1.72. The van der Waals surface area contributed by atoms with Crippen molar-refractivity contribution in [3.8, 4) is 0 Å². The second-order valence-corrected chi connectivity index (χ2v) is 4.06. The molecule has 1 aliphatic carbocycles. The molecule has 2 unspecified atom stereocenters. The molecule has 0 amide bonds. The lowest BCUT2D eigenvalue weighted by atomic mass is 10.2. The van der Waals surface area contributed by atoms with E-state index in [1.54, 1.807) is 0 Å². The van der Waals surface area contributed by atoms with Crippen LogP contribution in [0.2, 0.25) is 0 Å². The van der Waals surface area contributed by atoms with E-state index in [1.807, 2.05) is 0 Å². The predicted octanol–water partition coefficient (Wildman–Crippen LogP) is 2.42. The highest BCUT2D eigenvalue weighted by atomic mass is 14.9. The van der Waals surface area contributed by atoms with Crippen molar-refractivity contribution in [3.63, 3.8) is 0 Å². The topological polar surface area (TPSA) is 12.0 Å². The standard InChI is InChI=1S/C10H21N/c1-4-9-7-10(9)5-6-11-8(2)3/h8-11H,4-7H2,1-3H3. The molecule has 2 atom stereocenters. The Morgan fingerprint density at radius 2 is 2.09 bits per heavy atom. The molecule has 0 aromatic carbocycles. The molecule has 0 aromatic heterocycles. The van der Waals surface area contributed by atoms with Crippen LogP contribution in [0.1, 0.15) is 40.0 Å². The molecule has 1 heteroatoms. The summed E-state index contributed by atoms with van der Waals surface area (Å²) in [7, 11) is 0. The second kappa shape index (κ2) is 4.10. The van der Waals surface area contributed by atoms with E-state index in [4.69, 9.17) is 0 Å². The first-order chi connectivity index (χ1) is 5.24. The first kappa shape index (κ1) is 9.05. The molecule has 1 N–H and O–H groups in total. The van der Waals surface area contributed by atoms with Gasteiger partial charge >= 0.3 is 0 Å². The molecule has 11 heavy (non-hydrogen) atoms. The average molecular weight is 155 g/mol. The van der Waals surface area contributed by atoms with E-state index in [-0.39, 0.29) is 0 Å². The van der Waals surface area contributed by atoms with E-state index in [1.165, 1.54) is 25.8 Å². The summed E-state index contributed by atoms with van der Waals surface area (Å²) in [5.74, 6) is 2.13. The van der Waals surface area contributed by atoms with Crippen LogP contribution in [0.5, 0.6) is 0 Å². The maximum atomic E-state index is 3.46. The van der Waals surface area contributed by atoms with Gasteiger partial charge in [-0.25, -0.2) is 0 Å². The Hall–Kier alpha value is -0.0400. The van der Waals surface area contributed by atoms with Crippen molar-refractivity contribution in [3.05, 3.63) is 0 Å². The SMILES string of the molecule is CCC1CC1CCNC(C)C. The molecule has 0 heterocycles. The van der Waals surface area contributed by atoms with Gasteiger partial charge in [0.2, 0.25) is 0 Å². The van der Waals surface area contributed by atoms with Crippen LogP contribution in [0, 0.1) is 11.8 Å². The summed E-state index contributed by atoms with van der Waals surface area (Å²) >= 11 is 0. The van der Waals surface area contributed by atoms with Crippen LogP contribution in [0.3, 0.4) is 0 Å². The molecule has 0 radical (unpaired) electrons. The molecular formula is C10H21N. The highest BCUT2D eigenvalue weighted by molar-refractivity contribution is 4.85. The lowest BCUT2D eigenvalue weighted by Crippen LogP contribution is -2.23. The molecule has 66 valence electrons. The van der Waals surface area contributed by atoms with Gasteiger partial charge in [0.05, 0.1) is 0 Å². The third kappa shape index (κ3) is 3.24. The number of rotatable bonds is 5. The van der Waals surface area contributed by atoms with Gasteiger partial charge in [-0.15, -0.1) is 0 Å². The van der Waals surface area contributed by atoms with Crippen molar-refractivity contribution in [1.82, 2.24) is 5.32 Å². The van der Waals surface area contributed by atoms with Crippen molar-refractivity contribution in [1.29, 1.82) is 0 Å². The molecule has 0 aromatic rings. The summed E-state index contributed by atoms with van der Waals surface area (Å²) in [4.78, 5) is 0. The van der Waals surface area contributed by atoms with E-state index >= 15 is 0 Å². The summed E-state index contributed by atoms with van der Waals surface area (Å²) in [6.07, 6.45) is 4.29. The number of nitrogens with one attached hydrogen (secondary N) is 1. The first-order valence-electron chi connectivity index (χ1n) is 4.97. The molecule has 0 bridgehead atoms. The Labute approximate surface area is 70.6 Å². The highest BCUT2D eigenvalue weighted by Crippen LogP contribution is 2.43. The van der Waals surface area contributed by atoms with Gasteiger partial charge in [-0.1, -0.05) is 27.2 Å². The van der Waals surface area contributed by atoms with E-state index < -0.39 is 0 Å². The van der Waals surface area contributed by atoms with Crippen LogP contribution in [-0.2, 0) is 0 Å². The normalized spacial score (nSPS) is 29.5. The Morgan fingerprint density at radius 1 is 1.36 bits per heavy atom. The highest BCUT2D eigenvalue weighted by Gasteiger charge is 2.33. The first-order valence-corrected chi connectivity index (χ1v) is 4.97. The molecule has 1 rings (SSSR count). The number of hydrogen-bond acceptors (Lipinski definition) is 1. The molecule has 1 nitrogen and oxygen atoms in total. The minimum Gasteiger partial charge on any atom is -0.315 e. The molecule has 1 aliphatic rings. The molecule has 0 saturated heterocycles. The van der Waals surface area contributed by atoms with Gasteiger partial charge in [-0.2, -0.15) is 0 Å². The summed E-state index contributed by atoms with van der Waals surface area (Å²) in [6, 6.07) is 0.661. The van der Waals surface area contributed by atoms with Crippen LogP contribution < -0.4 is 5.32 Å². The van der Waals surface area contributed by atoms with Gasteiger partial charge in [-0.05, 0) is 31.2 Å². The van der Waals surface area contributed by atoms with Crippen LogP contribution in [0.25, 0.3) is 0 Å². The van der Waals surface area contributed by atoms with Crippen LogP contribution >= 0.6 is 0 Å². The lowest BCUT2D eigenvalue weighted by molar-refractivity contribution is 0.531. The van der Waals surface area contributed by atoms with Crippen LogP contribution in [0.15, 0.2) is 0 Å². The maximum Gasteiger partial charge on any atom is 0.00103 e. The fraction of sp³-hybridized carbons (Fsp3) is 1.00. The van der Waals surface area contributed by atoms with Crippen molar-refractivity contribution in [2.45, 2.75) is 46.1 Å². The Kier molecular flexibility index (Phi) is 3.38. The van der Waals surface area contributed by atoms with E-state index in [0.29, 0.717) is 6.04 Å². The van der Waals surface area contributed by atoms with Crippen LogP contribution in [0.4, 0.5) is 0 Å². The zero-order valence-electron chi connectivity index (χ0n) is 8.06. The lowest BCUT2D eigenvalue weighted by Gasteiger charge is -2.06. The zero-order chi connectivity index (χ0) is 8.27. The minimum atomic E-state index is 0.661. The van der Waals surface area contributed by atoms with Gasteiger partial charge in [0.15, 0.2) is 0 Å². The molecule has 1 fully saturated rings. The van der Waals surface area contributed by atoms with Crippen molar-refractivity contribution in [2.75, 3.05) is 6.54 Å². The van der Waals surface area contributed by atoms with Gasteiger partial charge in [0.25, 0.3) is 0 Å². The smallest absolute Gasteiger partial charge is 0.00103 e. The molecule has 0 aliphatic heterocycles. The van der Waals surface area contributed by atoms with Crippen molar-refractivity contribution >= 4 is 0 Å². The summed E-state index contributed by atoms with van der Waals surface area (Å²) in [5, 5.41) is 3.46. The van der Waals surface area contributed by atoms with Crippen LogP contribution in [-0.4, -0.2) is 12.6 Å². The van der Waals surface area contributed by atoms with Crippen molar-refractivity contribution in [2.24, 2.45) is 11.8 Å². The van der Waals surface area contributed by atoms with Gasteiger partial charge in [0, 0.05) is 6.04 Å². The van der Waals surface area contributed by atoms with E-state index in [9.17, 15) is 0 Å². The van der Waals surface area contributed by atoms with Gasteiger partial charge in [-0.3, -0.25) is 0 Å². The predicted molar refractivity (Wildman–Crippen MR) is 49.6 cm³/mol. The average Bonchev–Trinajstić information content (AvgIpc) is 2.66. The summed E-state index contributed by atoms with van der Waals surface area (Å²) in [6.45, 7) is 7.95. The maximum absolute atomic E-state index is 3.46. The van der Waals surface area contributed by atoms with Gasteiger partial charge < -0.3 is 5.32 Å². The third-order valence-electron chi connectivity index (χ3n) is 2.66. The molecular weight excluding hydrogens is 134 g/mol. The largest absolute Gasteiger partial charge is 0.315 e. The Morgan fingerprint density at radius 3 is 2.55 bits per heavy atom. The molecule has 1 saturated carbocycles. The quantitative estimate of drug-likeness (QED) is 0.643. The second-order valence-electron chi connectivity index (χ2n) is 4.06. The van der Waals surface area contributed by atoms with E-state index in [0.717, 1.165) is 11.8 Å². The third-order valence-corrected chi connectivity index (χ3v) is 2.66. The summed E-state index contributed by atoms with van der Waals surface area (Å²) < 4.78 is 0. The minimum absolute atomic E-state index is 0.661. The zero-order valence-corrected chi connectivity index (χ0v) is 8.06. The molecule has 0 spiro atoms. The van der Waals surface area contributed by atoms with Crippen molar-refractivity contribution < 1.29 is 0 Å². The Balaban J connectivity index is 1.90. The van der Waals surface area contributed by atoms with Gasteiger partial charge in [0.1, 0.15) is 0 Å².